The zero-order valence-corrected chi connectivity index (χ0v) is 8.58. The molecule has 0 aliphatic heterocycles. The van der Waals surface area contributed by atoms with Crippen LogP contribution in [-0.4, -0.2) is 4.98 Å². The van der Waals surface area contributed by atoms with E-state index in [1.807, 2.05) is 24.3 Å². The summed E-state index contributed by atoms with van der Waals surface area (Å²) in [6, 6.07) is 9.96. The number of H-pyrrole nitrogens is 1. The first-order chi connectivity index (χ1) is 5.75. The largest absolute Gasteiger partial charge is 0.346 e. The molecule has 0 bridgehead atoms. The van der Waals surface area contributed by atoms with Gasteiger partial charge in [-0.3, -0.25) is 0 Å². The second-order valence-corrected chi connectivity index (χ2v) is 3.91. The summed E-state index contributed by atoms with van der Waals surface area (Å²) in [5, 5.41) is 1.16. The number of aromatic amines is 1. The van der Waals surface area contributed by atoms with Crippen LogP contribution in [0.3, 0.4) is 0 Å². The van der Waals surface area contributed by atoms with Gasteiger partial charge in [-0.05, 0) is 35.7 Å². The highest BCUT2D eigenvalue weighted by Crippen LogP contribution is 2.17. The molecule has 0 saturated heterocycles. The SMILES string of the molecule is S=c1ccc2cc(Br)ccc2[nH]1. The third kappa shape index (κ3) is 1.42. The van der Waals surface area contributed by atoms with Gasteiger partial charge in [-0.25, -0.2) is 0 Å². The lowest BCUT2D eigenvalue weighted by Crippen LogP contribution is -1.77. The lowest BCUT2D eigenvalue weighted by Gasteiger charge is -1.97. The van der Waals surface area contributed by atoms with Crippen LogP contribution in [0.2, 0.25) is 0 Å². The first-order valence-electron chi connectivity index (χ1n) is 3.54. The Kier molecular flexibility index (Phi) is 1.98. The normalized spacial score (nSPS) is 10.4. The summed E-state index contributed by atoms with van der Waals surface area (Å²) in [6.07, 6.45) is 0. The Labute approximate surface area is 83.6 Å². The van der Waals surface area contributed by atoms with Gasteiger partial charge in [-0.15, -0.1) is 0 Å². The van der Waals surface area contributed by atoms with Gasteiger partial charge in [0.25, 0.3) is 0 Å². The van der Waals surface area contributed by atoms with E-state index in [2.05, 4.69) is 27.0 Å². The maximum absolute atomic E-state index is 5.01. The summed E-state index contributed by atoms with van der Waals surface area (Å²) in [6.45, 7) is 0. The van der Waals surface area contributed by atoms with Crippen molar-refractivity contribution in [3.8, 4) is 0 Å². The summed E-state index contributed by atoms with van der Waals surface area (Å²) in [7, 11) is 0. The molecule has 0 fully saturated rings. The lowest BCUT2D eigenvalue weighted by molar-refractivity contribution is 1.38. The van der Waals surface area contributed by atoms with E-state index in [9.17, 15) is 0 Å². The van der Waals surface area contributed by atoms with E-state index in [1.54, 1.807) is 0 Å². The molecule has 0 radical (unpaired) electrons. The molecule has 1 N–H and O–H groups in total. The smallest absolute Gasteiger partial charge is 0.103 e. The zero-order valence-electron chi connectivity index (χ0n) is 6.17. The topological polar surface area (TPSA) is 15.8 Å². The monoisotopic (exact) mass is 239 g/mol. The molecule has 1 nitrogen and oxygen atoms in total. The average molecular weight is 240 g/mol. The van der Waals surface area contributed by atoms with E-state index < -0.39 is 0 Å². The number of benzene rings is 1. The van der Waals surface area contributed by atoms with E-state index in [-0.39, 0.29) is 0 Å². The predicted octanol–water partition coefficient (Wildman–Crippen LogP) is 3.66. The highest BCUT2D eigenvalue weighted by molar-refractivity contribution is 9.10. The fraction of sp³-hybridized carbons (Fsp3) is 0. The molecule has 2 aromatic rings. The summed E-state index contributed by atoms with van der Waals surface area (Å²) in [5.41, 5.74) is 1.07. The van der Waals surface area contributed by atoms with Gasteiger partial charge in [0.05, 0.1) is 0 Å². The first-order valence-corrected chi connectivity index (χ1v) is 4.74. The van der Waals surface area contributed by atoms with E-state index in [0.29, 0.717) is 0 Å². The van der Waals surface area contributed by atoms with E-state index in [4.69, 9.17) is 12.2 Å². The van der Waals surface area contributed by atoms with Gasteiger partial charge in [0.15, 0.2) is 0 Å². The number of hydrogen-bond donors (Lipinski definition) is 1. The Morgan fingerprint density at radius 2 is 2.00 bits per heavy atom. The van der Waals surface area contributed by atoms with Crippen LogP contribution in [0, 0.1) is 4.64 Å². The molecule has 1 heterocycles. The molecule has 1 aromatic heterocycles. The third-order valence-corrected chi connectivity index (χ3v) is 2.42. The van der Waals surface area contributed by atoms with Gasteiger partial charge in [0, 0.05) is 9.99 Å². The van der Waals surface area contributed by atoms with Crippen LogP contribution in [0.5, 0.6) is 0 Å². The molecular weight excluding hydrogens is 234 g/mol. The number of rotatable bonds is 0. The number of pyridine rings is 1. The second-order valence-electron chi connectivity index (χ2n) is 2.55. The van der Waals surface area contributed by atoms with Crippen molar-refractivity contribution < 1.29 is 0 Å². The minimum absolute atomic E-state index is 0.768. The summed E-state index contributed by atoms with van der Waals surface area (Å²) in [4.78, 5) is 3.11. The van der Waals surface area contributed by atoms with Crippen LogP contribution in [0.15, 0.2) is 34.8 Å². The maximum atomic E-state index is 5.01. The first kappa shape index (κ1) is 7.95. The Morgan fingerprint density at radius 3 is 2.83 bits per heavy atom. The molecule has 3 heteroatoms. The second kappa shape index (κ2) is 2.99. The number of fused-ring (bicyclic) bond motifs is 1. The predicted molar refractivity (Wildman–Crippen MR) is 56.8 cm³/mol. The fourth-order valence-corrected chi connectivity index (χ4v) is 1.68. The molecular formula is C9H6BrNS. The van der Waals surface area contributed by atoms with Crippen molar-refractivity contribution in [3.63, 3.8) is 0 Å². The molecule has 0 unspecified atom stereocenters. The standard InChI is InChI=1S/C9H6BrNS/c10-7-2-3-8-6(5-7)1-4-9(12)11-8/h1-5H,(H,11,12). The van der Waals surface area contributed by atoms with Gasteiger partial charge >= 0.3 is 0 Å². The molecule has 1 aromatic carbocycles. The summed E-state index contributed by atoms with van der Waals surface area (Å²) >= 11 is 8.42. The molecule has 0 aliphatic rings. The summed E-state index contributed by atoms with van der Waals surface area (Å²) < 4.78 is 1.85. The van der Waals surface area contributed by atoms with Crippen molar-refractivity contribution in [1.82, 2.24) is 4.98 Å². The maximum Gasteiger partial charge on any atom is 0.103 e. The molecule has 60 valence electrons. The summed E-state index contributed by atoms with van der Waals surface area (Å²) in [5.74, 6) is 0. The number of halogens is 1. The molecule has 2 rings (SSSR count). The highest BCUT2D eigenvalue weighted by Gasteiger charge is 1.92. The van der Waals surface area contributed by atoms with Crippen molar-refractivity contribution in [2.24, 2.45) is 0 Å². The van der Waals surface area contributed by atoms with Crippen LogP contribution >= 0.6 is 28.1 Å². The molecule has 0 aliphatic carbocycles. The quantitative estimate of drug-likeness (QED) is 0.695. The van der Waals surface area contributed by atoms with Crippen LogP contribution in [-0.2, 0) is 0 Å². The van der Waals surface area contributed by atoms with Crippen molar-refractivity contribution in [3.05, 3.63) is 39.4 Å². The molecule has 0 saturated carbocycles. The van der Waals surface area contributed by atoms with E-state index in [1.165, 1.54) is 0 Å². The van der Waals surface area contributed by atoms with Gasteiger partial charge in [-0.2, -0.15) is 0 Å². The lowest BCUT2D eigenvalue weighted by atomic mass is 10.2. The Balaban J connectivity index is 2.87. The van der Waals surface area contributed by atoms with Gasteiger partial charge < -0.3 is 4.98 Å². The Morgan fingerprint density at radius 1 is 1.17 bits per heavy atom. The zero-order chi connectivity index (χ0) is 8.55. The molecule has 12 heavy (non-hydrogen) atoms. The molecule has 0 atom stereocenters. The minimum Gasteiger partial charge on any atom is -0.346 e. The number of nitrogens with one attached hydrogen (secondary N) is 1. The van der Waals surface area contributed by atoms with Crippen molar-refractivity contribution >= 4 is 39.1 Å². The Hall–Kier alpha value is -0.670. The van der Waals surface area contributed by atoms with E-state index >= 15 is 0 Å². The minimum atomic E-state index is 0.768. The third-order valence-electron chi connectivity index (χ3n) is 1.69. The number of aromatic nitrogens is 1. The van der Waals surface area contributed by atoms with Crippen LogP contribution in [0.4, 0.5) is 0 Å². The van der Waals surface area contributed by atoms with Crippen LogP contribution in [0.1, 0.15) is 0 Å². The van der Waals surface area contributed by atoms with E-state index in [0.717, 1.165) is 20.0 Å². The highest BCUT2D eigenvalue weighted by atomic mass is 79.9. The van der Waals surface area contributed by atoms with Crippen molar-refractivity contribution in [2.75, 3.05) is 0 Å². The van der Waals surface area contributed by atoms with Crippen molar-refractivity contribution in [2.45, 2.75) is 0 Å². The van der Waals surface area contributed by atoms with Crippen LogP contribution in [0.25, 0.3) is 10.9 Å². The molecule has 0 spiro atoms. The van der Waals surface area contributed by atoms with Gasteiger partial charge in [0.2, 0.25) is 0 Å². The average Bonchev–Trinajstić information content (AvgIpc) is 2.05. The van der Waals surface area contributed by atoms with Crippen LogP contribution < -0.4 is 0 Å². The fourth-order valence-electron chi connectivity index (χ4n) is 1.13. The van der Waals surface area contributed by atoms with Gasteiger partial charge in [-0.1, -0.05) is 28.1 Å². The van der Waals surface area contributed by atoms with Crippen molar-refractivity contribution in [1.29, 1.82) is 0 Å². The number of hydrogen-bond acceptors (Lipinski definition) is 1. The van der Waals surface area contributed by atoms with Gasteiger partial charge in [0.1, 0.15) is 4.64 Å². The Bertz CT molecular complexity index is 475. The molecule has 0 amide bonds.